The first kappa shape index (κ1) is 16.6. The van der Waals surface area contributed by atoms with Crippen LogP contribution in [0.15, 0.2) is 42.5 Å². The minimum atomic E-state index is 0. The van der Waals surface area contributed by atoms with Crippen LogP contribution in [0.1, 0.15) is 35.1 Å². The maximum atomic E-state index is 6.18. The second-order valence-corrected chi connectivity index (χ2v) is 6.38. The Morgan fingerprint density at radius 3 is 2.24 bits per heavy atom. The molecule has 1 aliphatic rings. The molecule has 21 heavy (non-hydrogen) atoms. The summed E-state index contributed by atoms with van der Waals surface area (Å²) in [7, 11) is 4.28. The first-order chi connectivity index (χ1) is 9.58. The van der Waals surface area contributed by atoms with Gasteiger partial charge in [-0.3, -0.25) is 0 Å². The third-order valence-corrected chi connectivity index (χ3v) is 4.90. The van der Waals surface area contributed by atoms with Crippen molar-refractivity contribution in [1.29, 1.82) is 0 Å². The monoisotopic (exact) mass is 340 g/mol. The Labute approximate surface area is 142 Å². The number of hydrogen-bond acceptors (Lipinski definition) is 1. The molecule has 3 rings (SSSR count). The molecule has 0 radical (unpaired) electrons. The molecule has 0 saturated heterocycles. The lowest BCUT2D eigenvalue weighted by molar-refractivity contribution is -0.00000387. The fourth-order valence-electron chi connectivity index (χ4n) is 3.14. The molecule has 0 aromatic heterocycles. The van der Waals surface area contributed by atoms with Gasteiger partial charge in [0.1, 0.15) is 0 Å². The van der Waals surface area contributed by atoms with Gasteiger partial charge in [0.15, 0.2) is 0 Å². The Morgan fingerprint density at radius 2 is 1.62 bits per heavy atom. The summed E-state index contributed by atoms with van der Waals surface area (Å²) in [5.74, 6) is 0.397. The molecule has 4 heteroatoms. The molecule has 112 valence electrons. The Balaban J connectivity index is 0.00000161. The van der Waals surface area contributed by atoms with Gasteiger partial charge in [-0.1, -0.05) is 53.5 Å². The Hall–Kier alpha value is -0.730. The van der Waals surface area contributed by atoms with Crippen molar-refractivity contribution in [2.45, 2.75) is 18.4 Å². The summed E-state index contributed by atoms with van der Waals surface area (Å²) < 4.78 is 0. The van der Waals surface area contributed by atoms with Gasteiger partial charge in [-0.2, -0.15) is 0 Å². The van der Waals surface area contributed by atoms with Crippen LogP contribution >= 0.6 is 23.2 Å². The van der Waals surface area contributed by atoms with Gasteiger partial charge in [0.2, 0.25) is 0 Å². The van der Waals surface area contributed by atoms with Crippen LogP contribution in [-0.2, 0) is 0 Å². The van der Waals surface area contributed by atoms with Gasteiger partial charge < -0.3 is 17.3 Å². The molecule has 2 aromatic rings. The molecule has 0 spiro atoms. The molecule has 0 heterocycles. The predicted octanol–water partition coefficient (Wildman–Crippen LogP) is 2.14. The number of hydrogen-bond donors (Lipinski definition) is 0. The van der Waals surface area contributed by atoms with Crippen molar-refractivity contribution in [2.75, 3.05) is 14.1 Å². The van der Waals surface area contributed by atoms with E-state index in [0.717, 1.165) is 6.42 Å². The van der Waals surface area contributed by atoms with Gasteiger partial charge in [-0.15, -0.1) is 0 Å². The van der Waals surface area contributed by atoms with Crippen LogP contribution in [0.3, 0.4) is 0 Å². The van der Waals surface area contributed by atoms with E-state index in [0.29, 0.717) is 22.0 Å². The van der Waals surface area contributed by atoms with Crippen molar-refractivity contribution in [3.63, 3.8) is 0 Å². The van der Waals surface area contributed by atoms with Crippen LogP contribution in [0.4, 0.5) is 0 Å². The van der Waals surface area contributed by atoms with Crippen molar-refractivity contribution in [2.24, 2.45) is 0 Å². The molecule has 0 fully saturated rings. The summed E-state index contributed by atoms with van der Waals surface area (Å²) in [6.45, 7) is 0. The lowest BCUT2D eigenvalue weighted by Crippen LogP contribution is -3.00. The number of halogens is 3. The first-order valence-electron chi connectivity index (χ1n) is 6.78. The molecule has 2 aromatic carbocycles. The maximum absolute atomic E-state index is 6.18. The third-order valence-electron chi connectivity index (χ3n) is 4.16. The highest BCUT2D eigenvalue weighted by Crippen LogP contribution is 2.46. The minimum Gasteiger partial charge on any atom is -1.00 e. The molecule has 0 saturated carbocycles. The molecular weight excluding hydrogens is 325 g/mol. The zero-order chi connectivity index (χ0) is 14.3. The lowest BCUT2D eigenvalue weighted by atomic mass is 9.93. The zero-order valence-electron chi connectivity index (χ0n) is 12.0. The zero-order valence-corrected chi connectivity index (χ0v) is 14.3. The van der Waals surface area contributed by atoms with Crippen LogP contribution in [0.25, 0.3) is 0 Å². The van der Waals surface area contributed by atoms with E-state index >= 15 is 0 Å². The Morgan fingerprint density at radius 1 is 0.952 bits per heavy atom. The smallest absolute Gasteiger partial charge is 0.0595 e. The predicted molar refractivity (Wildman–Crippen MR) is 85.8 cm³/mol. The van der Waals surface area contributed by atoms with Crippen molar-refractivity contribution in [1.82, 2.24) is 4.90 Å². The quantitative estimate of drug-likeness (QED) is 0.809. The molecule has 0 bridgehead atoms. The van der Waals surface area contributed by atoms with Gasteiger partial charge in [0, 0.05) is 12.0 Å². The van der Waals surface area contributed by atoms with E-state index in [1.807, 2.05) is 12.1 Å². The van der Waals surface area contributed by atoms with Crippen LogP contribution in [0, 0.1) is 0 Å². The molecular formula is C17H17Cl3N-. The van der Waals surface area contributed by atoms with Gasteiger partial charge in [0.05, 0.1) is 10.0 Å². The minimum absolute atomic E-state index is 0. The average Bonchev–Trinajstić information content (AvgIpc) is 2.82. The largest absolute Gasteiger partial charge is 1.00 e. The standard InChI is InChI=1S/C17H17Cl2N.ClH/c1-20(2)17-10-14(12-5-3-4-6-13(12)17)11-7-8-15(18)16(19)9-11;/h3-9,14,17H,10H2,1-2H3;1H/p-1. The molecule has 1 aliphatic carbocycles. The van der Waals surface area contributed by atoms with E-state index in [2.05, 4.69) is 49.3 Å². The molecule has 0 N–H and O–H groups in total. The highest BCUT2D eigenvalue weighted by molar-refractivity contribution is 6.42. The molecule has 2 atom stereocenters. The fraction of sp³-hybridized carbons (Fsp3) is 0.294. The van der Waals surface area contributed by atoms with Crippen molar-refractivity contribution in [3.8, 4) is 0 Å². The first-order valence-corrected chi connectivity index (χ1v) is 7.53. The van der Waals surface area contributed by atoms with Crippen LogP contribution in [-0.4, -0.2) is 19.0 Å². The summed E-state index contributed by atoms with van der Waals surface area (Å²) in [5, 5.41) is 1.25. The Kier molecular flexibility index (Phi) is 5.21. The molecule has 0 aliphatic heterocycles. The molecule has 2 unspecified atom stereocenters. The summed E-state index contributed by atoms with van der Waals surface area (Å²) in [6.07, 6.45) is 1.09. The second-order valence-electron chi connectivity index (χ2n) is 5.57. The summed E-state index contributed by atoms with van der Waals surface area (Å²) in [6, 6.07) is 15.1. The fourth-order valence-corrected chi connectivity index (χ4v) is 3.45. The van der Waals surface area contributed by atoms with Crippen LogP contribution in [0.2, 0.25) is 10.0 Å². The van der Waals surface area contributed by atoms with Gasteiger partial charge in [-0.25, -0.2) is 0 Å². The lowest BCUT2D eigenvalue weighted by Gasteiger charge is -2.20. The summed E-state index contributed by atoms with van der Waals surface area (Å²) in [4.78, 5) is 2.29. The van der Waals surface area contributed by atoms with Gasteiger partial charge in [-0.05, 0) is 49.3 Å². The number of rotatable bonds is 2. The van der Waals surface area contributed by atoms with E-state index in [1.165, 1.54) is 16.7 Å². The highest BCUT2D eigenvalue weighted by Gasteiger charge is 2.32. The topological polar surface area (TPSA) is 3.24 Å². The Bertz CT molecular complexity index is 640. The van der Waals surface area contributed by atoms with E-state index in [1.54, 1.807) is 0 Å². The van der Waals surface area contributed by atoms with Crippen molar-refractivity contribution in [3.05, 3.63) is 69.2 Å². The molecule has 0 amide bonds. The van der Waals surface area contributed by atoms with E-state index < -0.39 is 0 Å². The van der Waals surface area contributed by atoms with Crippen molar-refractivity contribution < 1.29 is 12.4 Å². The maximum Gasteiger partial charge on any atom is 0.0595 e. The van der Waals surface area contributed by atoms with Crippen molar-refractivity contribution >= 4 is 23.2 Å². The normalized spacial score (nSPS) is 20.2. The van der Waals surface area contributed by atoms with Gasteiger partial charge >= 0.3 is 0 Å². The summed E-state index contributed by atoms with van der Waals surface area (Å²) >= 11 is 12.2. The number of benzene rings is 2. The van der Waals surface area contributed by atoms with Crippen LogP contribution in [0.5, 0.6) is 0 Å². The molecule has 1 nitrogen and oxygen atoms in total. The van der Waals surface area contributed by atoms with E-state index in [-0.39, 0.29) is 12.4 Å². The SMILES string of the molecule is CN(C)C1CC(c2ccc(Cl)c(Cl)c2)c2ccccc21.[Cl-]. The van der Waals surface area contributed by atoms with E-state index in [4.69, 9.17) is 23.2 Å². The van der Waals surface area contributed by atoms with E-state index in [9.17, 15) is 0 Å². The number of fused-ring (bicyclic) bond motifs is 1. The average molecular weight is 342 g/mol. The number of nitrogens with zero attached hydrogens (tertiary/aromatic N) is 1. The highest BCUT2D eigenvalue weighted by atomic mass is 35.5. The third kappa shape index (κ3) is 3.07. The van der Waals surface area contributed by atoms with Gasteiger partial charge in [0.25, 0.3) is 0 Å². The second kappa shape index (κ2) is 6.58. The van der Waals surface area contributed by atoms with Crippen LogP contribution < -0.4 is 12.4 Å². The summed E-state index contributed by atoms with van der Waals surface area (Å²) in [5.41, 5.74) is 4.08.